The van der Waals surface area contributed by atoms with E-state index in [0.29, 0.717) is 18.9 Å². The van der Waals surface area contributed by atoms with Gasteiger partial charge >= 0.3 is 0 Å². The first-order chi connectivity index (χ1) is 13.7. The van der Waals surface area contributed by atoms with Crippen molar-refractivity contribution in [2.24, 2.45) is 34.5 Å². The Balaban J connectivity index is 1.50. The number of carbonyl (C=O) groups excluding carboxylic acids is 1. The van der Waals surface area contributed by atoms with E-state index in [1.807, 2.05) is 0 Å². The molecule has 5 heteroatoms. The van der Waals surface area contributed by atoms with Gasteiger partial charge in [0.25, 0.3) is 0 Å². The molecule has 0 aromatic carbocycles. The highest BCUT2D eigenvalue weighted by molar-refractivity contribution is 5.92. The molecule has 4 aliphatic carbocycles. The molecule has 0 saturated heterocycles. The second kappa shape index (κ2) is 6.62. The second-order valence-electron chi connectivity index (χ2n) is 11.2. The molecule has 0 bridgehead atoms. The first-order valence-electron chi connectivity index (χ1n) is 11.6. The largest absolute Gasteiger partial charge is 0.393 e. The van der Waals surface area contributed by atoms with Crippen LogP contribution in [0.1, 0.15) is 65.2 Å². The maximum Gasteiger partial charge on any atom is 0.181 e. The number of aliphatic hydroxyl groups excluding tert-OH is 2. The number of fused-ring (bicyclic) bond motifs is 5. The SMILES string of the molecule is CC12CCC(O)CC1CCC1C2C(O)CC2(C)C(C3=CC(=O)COC3)CCC12O. The number of hydrogen-bond acceptors (Lipinski definition) is 5. The fourth-order valence-electron chi connectivity index (χ4n) is 8.66. The molecule has 0 aromatic heterocycles. The molecule has 4 fully saturated rings. The zero-order valence-electron chi connectivity index (χ0n) is 17.8. The van der Waals surface area contributed by atoms with Crippen LogP contribution < -0.4 is 0 Å². The summed E-state index contributed by atoms with van der Waals surface area (Å²) in [6.07, 6.45) is 7.74. The van der Waals surface area contributed by atoms with Gasteiger partial charge in [-0.05, 0) is 92.1 Å². The third kappa shape index (κ3) is 2.70. The topological polar surface area (TPSA) is 87.0 Å². The van der Waals surface area contributed by atoms with Crippen molar-refractivity contribution in [3.05, 3.63) is 11.6 Å². The molecule has 0 aromatic rings. The quantitative estimate of drug-likeness (QED) is 0.625. The lowest BCUT2D eigenvalue weighted by molar-refractivity contribution is -0.242. The average Bonchev–Trinajstić information content (AvgIpc) is 2.93. The maximum atomic E-state index is 12.2. The van der Waals surface area contributed by atoms with Gasteiger partial charge < -0.3 is 20.1 Å². The Labute approximate surface area is 173 Å². The Morgan fingerprint density at radius 1 is 1.07 bits per heavy atom. The number of ketones is 1. The summed E-state index contributed by atoms with van der Waals surface area (Å²) in [5, 5.41) is 33.9. The number of rotatable bonds is 1. The second-order valence-corrected chi connectivity index (χ2v) is 11.2. The number of aliphatic hydroxyl groups is 3. The summed E-state index contributed by atoms with van der Waals surface area (Å²) in [6, 6.07) is 0. The molecule has 0 radical (unpaired) electrons. The van der Waals surface area contributed by atoms with Crippen LogP contribution in [0.25, 0.3) is 0 Å². The average molecular weight is 405 g/mol. The maximum absolute atomic E-state index is 12.2. The van der Waals surface area contributed by atoms with Crippen LogP contribution in [0.2, 0.25) is 0 Å². The van der Waals surface area contributed by atoms with Crippen molar-refractivity contribution in [3.8, 4) is 0 Å². The smallest absolute Gasteiger partial charge is 0.181 e. The third-order valence-corrected chi connectivity index (χ3v) is 10.1. The van der Waals surface area contributed by atoms with E-state index in [0.717, 1.165) is 50.5 Å². The lowest BCUT2D eigenvalue weighted by atomic mass is 9.42. The van der Waals surface area contributed by atoms with Crippen LogP contribution in [-0.4, -0.2) is 52.1 Å². The molecule has 4 saturated carbocycles. The lowest BCUT2D eigenvalue weighted by Crippen LogP contribution is -2.66. The van der Waals surface area contributed by atoms with Crippen molar-refractivity contribution in [2.45, 2.75) is 83.0 Å². The van der Waals surface area contributed by atoms with Gasteiger partial charge in [-0.1, -0.05) is 13.8 Å². The number of ether oxygens (including phenoxy) is 1. The summed E-state index contributed by atoms with van der Waals surface area (Å²) in [6.45, 7) is 5.06. The summed E-state index contributed by atoms with van der Waals surface area (Å²) in [5.74, 6) is 0.695. The predicted molar refractivity (Wildman–Crippen MR) is 108 cm³/mol. The Morgan fingerprint density at radius 3 is 2.62 bits per heavy atom. The highest BCUT2D eigenvalue weighted by Crippen LogP contribution is 2.69. The molecule has 0 amide bonds. The zero-order chi connectivity index (χ0) is 20.6. The van der Waals surface area contributed by atoms with E-state index < -0.39 is 17.1 Å². The monoisotopic (exact) mass is 404 g/mol. The fourth-order valence-corrected chi connectivity index (χ4v) is 8.66. The van der Waals surface area contributed by atoms with E-state index in [-0.39, 0.29) is 41.7 Å². The van der Waals surface area contributed by atoms with Gasteiger partial charge in [-0.15, -0.1) is 0 Å². The molecule has 3 N–H and O–H groups in total. The normalized spacial score (nSPS) is 54.9. The van der Waals surface area contributed by atoms with E-state index in [4.69, 9.17) is 4.74 Å². The molecule has 9 atom stereocenters. The predicted octanol–water partition coefficient (Wildman–Crippen LogP) is 2.62. The van der Waals surface area contributed by atoms with Gasteiger partial charge in [-0.3, -0.25) is 4.79 Å². The van der Waals surface area contributed by atoms with Gasteiger partial charge in [0.2, 0.25) is 0 Å². The molecule has 9 unspecified atom stereocenters. The summed E-state index contributed by atoms with van der Waals surface area (Å²) in [4.78, 5) is 12.0. The number of hydrogen-bond donors (Lipinski definition) is 3. The van der Waals surface area contributed by atoms with Crippen LogP contribution in [-0.2, 0) is 9.53 Å². The van der Waals surface area contributed by atoms with Crippen LogP contribution in [0.5, 0.6) is 0 Å². The van der Waals surface area contributed by atoms with Crippen molar-refractivity contribution in [1.82, 2.24) is 0 Å². The van der Waals surface area contributed by atoms with Crippen LogP contribution in [0.15, 0.2) is 11.6 Å². The molecule has 5 rings (SSSR count). The zero-order valence-corrected chi connectivity index (χ0v) is 17.8. The van der Waals surface area contributed by atoms with Crippen molar-refractivity contribution < 1.29 is 24.9 Å². The first-order valence-corrected chi connectivity index (χ1v) is 11.6. The standard InChI is InChI=1S/C24H36O5/c1-22-7-5-16(25)10-15(22)3-4-19-21(22)20(27)11-23(2)18(6-8-24(19,23)28)14-9-17(26)13-29-12-14/h9,15-16,18-21,25,27-28H,3-8,10-13H2,1-2H3. The van der Waals surface area contributed by atoms with E-state index in [1.165, 1.54) is 0 Å². The lowest BCUT2D eigenvalue weighted by Gasteiger charge is -2.65. The summed E-state index contributed by atoms with van der Waals surface area (Å²) in [7, 11) is 0. The highest BCUT2D eigenvalue weighted by atomic mass is 16.5. The van der Waals surface area contributed by atoms with Gasteiger partial charge in [0.15, 0.2) is 5.78 Å². The molecule has 1 aliphatic heterocycles. The van der Waals surface area contributed by atoms with E-state index in [2.05, 4.69) is 13.8 Å². The minimum Gasteiger partial charge on any atom is -0.393 e. The number of carbonyl (C=O) groups is 1. The van der Waals surface area contributed by atoms with Crippen LogP contribution in [0, 0.1) is 34.5 Å². The van der Waals surface area contributed by atoms with Crippen molar-refractivity contribution in [1.29, 1.82) is 0 Å². The molecular formula is C24H36O5. The van der Waals surface area contributed by atoms with Crippen molar-refractivity contribution in [2.75, 3.05) is 13.2 Å². The minimum absolute atomic E-state index is 0.00769. The van der Waals surface area contributed by atoms with Crippen LogP contribution in [0.3, 0.4) is 0 Å². The van der Waals surface area contributed by atoms with Gasteiger partial charge in [0.1, 0.15) is 6.61 Å². The van der Waals surface area contributed by atoms with Crippen molar-refractivity contribution >= 4 is 5.78 Å². The van der Waals surface area contributed by atoms with Crippen LogP contribution >= 0.6 is 0 Å². The fraction of sp³-hybridized carbons (Fsp3) is 0.875. The molecule has 162 valence electrons. The molecule has 5 aliphatic rings. The first kappa shape index (κ1) is 20.2. The Kier molecular flexibility index (Phi) is 4.61. The molecule has 29 heavy (non-hydrogen) atoms. The minimum atomic E-state index is -0.813. The molecule has 1 heterocycles. The van der Waals surface area contributed by atoms with Gasteiger partial charge in [0, 0.05) is 5.41 Å². The summed E-state index contributed by atoms with van der Waals surface area (Å²) >= 11 is 0. The third-order valence-electron chi connectivity index (χ3n) is 10.1. The van der Waals surface area contributed by atoms with E-state index in [9.17, 15) is 20.1 Å². The Hall–Kier alpha value is -0.750. The Bertz CT molecular complexity index is 733. The van der Waals surface area contributed by atoms with Crippen LogP contribution in [0.4, 0.5) is 0 Å². The Morgan fingerprint density at radius 2 is 1.86 bits per heavy atom. The van der Waals surface area contributed by atoms with Gasteiger partial charge in [-0.2, -0.15) is 0 Å². The molecule has 5 nitrogen and oxygen atoms in total. The summed E-state index contributed by atoms with van der Waals surface area (Å²) < 4.78 is 5.51. The highest BCUT2D eigenvalue weighted by Gasteiger charge is 2.69. The van der Waals surface area contributed by atoms with Gasteiger partial charge in [0.05, 0.1) is 24.4 Å². The molecular weight excluding hydrogens is 368 g/mol. The van der Waals surface area contributed by atoms with E-state index >= 15 is 0 Å². The van der Waals surface area contributed by atoms with Crippen molar-refractivity contribution in [3.63, 3.8) is 0 Å². The molecule has 0 spiro atoms. The van der Waals surface area contributed by atoms with E-state index in [1.54, 1.807) is 6.08 Å². The summed E-state index contributed by atoms with van der Waals surface area (Å²) in [5.41, 5.74) is -0.254. The van der Waals surface area contributed by atoms with Gasteiger partial charge in [-0.25, -0.2) is 0 Å².